The van der Waals surface area contributed by atoms with E-state index in [0.717, 1.165) is 11.3 Å². The molecule has 0 saturated heterocycles. The fourth-order valence-corrected chi connectivity index (χ4v) is 1.55. The lowest BCUT2D eigenvalue weighted by Gasteiger charge is -2.09. The van der Waals surface area contributed by atoms with Crippen molar-refractivity contribution in [1.82, 2.24) is 0 Å². The smallest absolute Gasteiger partial charge is 0.328 e. The first-order valence-electron chi connectivity index (χ1n) is 6.39. The van der Waals surface area contributed by atoms with Gasteiger partial charge in [-0.3, -0.25) is 0 Å². The summed E-state index contributed by atoms with van der Waals surface area (Å²) in [6, 6.07) is 16.1. The maximum atomic E-state index is 11.3. The molecule has 0 fully saturated rings. The molecule has 0 radical (unpaired) electrons. The normalized spacial score (nSPS) is 11.7. The zero-order valence-electron chi connectivity index (χ0n) is 11.3. The van der Waals surface area contributed by atoms with E-state index < -0.39 is 12.0 Å². The van der Waals surface area contributed by atoms with E-state index in [2.05, 4.69) is 0 Å². The Morgan fingerprint density at radius 2 is 1.65 bits per heavy atom. The molecule has 2 aromatic carbocycles. The van der Waals surface area contributed by atoms with E-state index in [-0.39, 0.29) is 0 Å². The Hall–Kier alpha value is -2.33. The number of rotatable bonds is 5. The van der Waals surface area contributed by atoms with Crippen molar-refractivity contribution in [3.8, 4) is 11.5 Å². The number of hydrogen-bond acceptors (Lipinski definition) is 4. The summed E-state index contributed by atoms with van der Waals surface area (Å²) in [5.41, 5.74) is 6.52. The Morgan fingerprint density at radius 1 is 1.05 bits per heavy atom. The third-order valence-corrected chi connectivity index (χ3v) is 2.66. The average molecular weight is 271 g/mol. The molecule has 20 heavy (non-hydrogen) atoms. The van der Waals surface area contributed by atoms with E-state index in [0.29, 0.717) is 12.4 Å². The van der Waals surface area contributed by atoms with Gasteiger partial charge >= 0.3 is 5.97 Å². The number of benzene rings is 2. The molecule has 2 aromatic rings. The minimum atomic E-state index is -0.635. The van der Waals surface area contributed by atoms with Crippen molar-refractivity contribution in [2.45, 2.75) is 19.6 Å². The summed E-state index contributed by atoms with van der Waals surface area (Å²) in [4.78, 5) is 11.3. The van der Waals surface area contributed by atoms with Crippen LogP contribution in [0.1, 0.15) is 12.5 Å². The molecular formula is C16H17NO3. The lowest BCUT2D eigenvalue weighted by Crippen LogP contribution is -2.30. The predicted molar refractivity (Wildman–Crippen MR) is 76.5 cm³/mol. The molecule has 1 atom stereocenters. The van der Waals surface area contributed by atoms with Crippen molar-refractivity contribution in [2.24, 2.45) is 5.73 Å². The highest BCUT2D eigenvalue weighted by molar-refractivity contribution is 5.77. The third-order valence-electron chi connectivity index (χ3n) is 2.66. The van der Waals surface area contributed by atoms with Crippen LogP contribution < -0.4 is 15.2 Å². The zero-order chi connectivity index (χ0) is 14.4. The molecule has 0 amide bonds. The van der Waals surface area contributed by atoms with Gasteiger partial charge in [-0.25, -0.2) is 4.79 Å². The topological polar surface area (TPSA) is 61.6 Å². The number of esters is 1. The molecule has 0 saturated carbocycles. The second-order valence-electron chi connectivity index (χ2n) is 4.46. The first-order chi connectivity index (χ1) is 9.65. The number of nitrogens with two attached hydrogens (primary N) is 1. The Balaban J connectivity index is 1.90. The Kier molecular flexibility index (Phi) is 4.74. The van der Waals surface area contributed by atoms with Crippen molar-refractivity contribution >= 4 is 5.97 Å². The molecule has 0 heterocycles. The van der Waals surface area contributed by atoms with Crippen LogP contribution in [-0.4, -0.2) is 12.0 Å². The Labute approximate surface area is 118 Å². The quantitative estimate of drug-likeness (QED) is 0.670. The molecule has 4 heteroatoms. The van der Waals surface area contributed by atoms with Gasteiger partial charge in [0.1, 0.15) is 24.1 Å². The highest BCUT2D eigenvalue weighted by Gasteiger charge is 2.09. The van der Waals surface area contributed by atoms with Crippen molar-refractivity contribution in [1.29, 1.82) is 0 Å². The summed E-state index contributed by atoms with van der Waals surface area (Å²) >= 11 is 0. The second kappa shape index (κ2) is 6.73. The van der Waals surface area contributed by atoms with E-state index in [4.69, 9.17) is 15.2 Å². The average Bonchev–Trinajstić information content (AvgIpc) is 2.47. The van der Waals surface area contributed by atoms with Gasteiger partial charge < -0.3 is 15.2 Å². The fourth-order valence-electron chi connectivity index (χ4n) is 1.55. The number of carbonyl (C=O) groups excluding carboxylic acids is 1. The van der Waals surface area contributed by atoms with E-state index in [1.54, 1.807) is 31.2 Å². The minimum absolute atomic E-state index is 0.456. The van der Waals surface area contributed by atoms with E-state index in [1.807, 2.05) is 30.3 Å². The monoisotopic (exact) mass is 271 g/mol. The summed E-state index contributed by atoms with van der Waals surface area (Å²) in [7, 11) is 0. The first kappa shape index (κ1) is 14.1. The summed E-state index contributed by atoms with van der Waals surface area (Å²) < 4.78 is 10.7. The minimum Gasteiger partial charge on any atom is -0.489 e. The van der Waals surface area contributed by atoms with Gasteiger partial charge in [-0.1, -0.05) is 30.3 Å². The van der Waals surface area contributed by atoms with Gasteiger partial charge in [-0.15, -0.1) is 0 Å². The van der Waals surface area contributed by atoms with Crippen LogP contribution in [-0.2, 0) is 11.4 Å². The van der Waals surface area contributed by atoms with Crippen LogP contribution in [0.25, 0.3) is 0 Å². The van der Waals surface area contributed by atoms with Crippen LogP contribution in [0.2, 0.25) is 0 Å². The van der Waals surface area contributed by atoms with Gasteiger partial charge in [-0.2, -0.15) is 0 Å². The summed E-state index contributed by atoms with van der Waals surface area (Å²) in [5, 5.41) is 0. The van der Waals surface area contributed by atoms with Crippen molar-refractivity contribution in [3.05, 3.63) is 60.2 Å². The molecule has 104 valence electrons. The maximum Gasteiger partial charge on any atom is 0.328 e. The van der Waals surface area contributed by atoms with Crippen LogP contribution in [0, 0.1) is 0 Å². The highest BCUT2D eigenvalue weighted by Crippen LogP contribution is 2.19. The van der Waals surface area contributed by atoms with Crippen LogP contribution in [0.15, 0.2) is 54.6 Å². The van der Waals surface area contributed by atoms with Crippen molar-refractivity contribution in [2.75, 3.05) is 0 Å². The van der Waals surface area contributed by atoms with Crippen LogP contribution >= 0.6 is 0 Å². The Bertz CT molecular complexity index is 550. The van der Waals surface area contributed by atoms with E-state index in [1.165, 1.54) is 0 Å². The highest BCUT2D eigenvalue weighted by atomic mass is 16.5. The molecule has 2 N–H and O–H groups in total. The summed E-state index contributed by atoms with van der Waals surface area (Å²) in [6.07, 6.45) is 0. The van der Waals surface area contributed by atoms with Crippen molar-refractivity contribution in [3.63, 3.8) is 0 Å². The van der Waals surface area contributed by atoms with Gasteiger partial charge in [0.2, 0.25) is 0 Å². The molecule has 2 rings (SSSR count). The zero-order valence-corrected chi connectivity index (χ0v) is 11.3. The largest absolute Gasteiger partial charge is 0.489 e. The standard InChI is InChI=1S/C16H17NO3/c1-12(17)16(18)20-15-9-7-14(8-10-15)19-11-13-5-3-2-4-6-13/h2-10,12H,11,17H2,1H3. The molecule has 1 unspecified atom stereocenters. The fraction of sp³-hybridized carbons (Fsp3) is 0.188. The molecular weight excluding hydrogens is 254 g/mol. The van der Waals surface area contributed by atoms with Gasteiger partial charge in [0.15, 0.2) is 0 Å². The SMILES string of the molecule is CC(N)C(=O)Oc1ccc(OCc2ccccc2)cc1. The van der Waals surface area contributed by atoms with Crippen LogP contribution in [0.3, 0.4) is 0 Å². The van der Waals surface area contributed by atoms with Gasteiger partial charge in [-0.05, 0) is 36.8 Å². The van der Waals surface area contributed by atoms with Gasteiger partial charge in [0.25, 0.3) is 0 Å². The van der Waals surface area contributed by atoms with E-state index >= 15 is 0 Å². The molecule has 0 aliphatic rings. The van der Waals surface area contributed by atoms with Crippen LogP contribution in [0.4, 0.5) is 0 Å². The molecule has 0 aromatic heterocycles. The Morgan fingerprint density at radius 3 is 2.25 bits per heavy atom. The predicted octanol–water partition coefficient (Wildman–Crippen LogP) is 2.52. The molecule has 0 aliphatic carbocycles. The van der Waals surface area contributed by atoms with Crippen LogP contribution in [0.5, 0.6) is 11.5 Å². The van der Waals surface area contributed by atoms with E-state index in [9.17, 15) is 4.79 Å². The molecule has 0 spiro atoms. The molecule has 0 aliphatic heterocycles. The second-order valence-corrected chi connectivity index (χ2v) is 4.46. The van der Waals surface area contributed by atoms with Gasteiger partial charge in [0, 0.05) is 0 Å². The lowest BCUT2D eigenvalue weighted by molar-refractivity contribution is -0.135. The summed E-state index contributed by atoms with van der Waals surface area (Å²) in [5.74, 6) is 0.719. The first-order valence-corrected chi connectivity index (χ1v) is 6.39. The summed E-state index contributed by atoms with van der Waals surface area (Å²) in [6.45, 7) is 2.08. The number of ether oxygens (including phenoxy) is 2. The number of hydrogen-bond donors (Lipinski definition) is 1. The van der Waals surface area contributed by atoms with Crippen molar-refractivity contribution < 1.29 is 14.3 Å². The molecule has 4 nitrogen and oxygen atoms in total. The lowest BCUT2D eigenvalue weighted by atomic mass is 10.2. The third kappa shape index (κ3) is 4.10. The molecule has 0 bridgehead atoms. The maximum absolute atomic E-state index is 11.3. The van der Waals surface area contributed by atoms with Gasteiger partial charge in [0.05, 0.1) is 0 Å². The number of carbonyl (C=O) groups is 1.